The van der Waals surface area contributed by atoms with Gasteiger partial charge in [0.1, 0.15) is 18.0 Å². The third-order valence-electron chi connectivity index (χ3n) is 3.37. The van der Waals surface area contributed by atoms with Crippen LogP contribution in [-0.2, 0) is 0 Å². The van der Waals surface area contributed by atoms with Crippen molar-refractivity contribution in [3.63, 3.8) is 0 Å². The Morgan fingerprint density at radius 2 is 2.06 bits per heavy atom. The van der Waals surface area contributed by atoms with E-state index in [1.165, 1.54) is 19.3 Å². The van der Waals surface area contributed by atoms with Gasteiger partial charge in [0, 0.05) is 25.2 Å². The van der Waals surface area contributed by atoms with Crippen LogP contribution in [0.15, 0.2) is 12.4 Å². The second-order valence-corrected chi connectivity index (χ2v) is 5.16. The van der Waals surface area contributed by atoms with Crippen LogP contribution in [0.4, 0.5) is 11.6 Å². The number of nitrogens with zero attached hydrogens (tertiary/aromatic N) is 2. The lowest BCUT2D eigenvalue weighted by atomic mass is 9.85. The Hall–Kier alpha value is -1.36. The molecule has 0 amide bonds. The van der Waals surface area contributed by atoms with Crippen molar-refractivity contribution in [2.45, 2.75) is 38.6 Å². The van der Waals surface area contributed by atoms with Crippen molar-refractivity contribution >= 4 is 11.6 Å². The van der Waals surface area contributed by atoms with Crippen LogP contribution in [0.1, 0.15) is 32.6 Å². The molecule has 5 heteroatoms. The molecule has 2 rings (SSSR count). The largest absolute Gasteiger partial charge is 0.370 e. The Labute approximate surface area is 109 Å². The summed E-state index contributed by atoms with van der Waals surface area (Å²) in [7, 11) is 0. The molecule has 5 nitrogen and oxygen atoms in total. The number of aromatic nitrogens is 2. The first-order chi connectivity index (χ1) is 8.74. The molecule has 1 aromatic rings. The van der Waals surface area contributed by atoms with Crippen LogP contribution >= 0.6 is 0 Å². The van der Waals surface area contributed by atoms with Crippen molar-refractivity contribution < 1.29 is 0 Å². The van der Waals surface area contributed by atoms with Crippen LogP contribution in [0, 0.1) is 5.92 Å². The average Bonchev–Trinajstić information content (AvgIpc) is 2.27. The van der Waals surface area contributed by atoms with Gasteiger partial charge in [0.15, 0.2) is 0 Å². The monoisotopic (exact) mass is 249 g/mol. The molecule has 1 heterocycles. The van der Waals surface area contributed by atoms with Crippen molar-refractivity contribution in [2.24, 2.45) is 11.7 Å². The van der Waals surface area contributed by atoms with E-state index in [0.29, 0.717) is 0 Å². The summed E-state index contributed by atoms with van der Waals surface area (Å²) in [6.45, 7) is 3.88. The zero-order valence-electron chi connectivity index (χ0n) is 11.0. The van der Waals surface area contributed by atoms with Crippen LogP contribution < -0.4 is 16.4 Å². The number of hydrogen-bond donors (Lipinski definition) is 3. The highest BCUT2D eigenvalue weighted by Gasteiger charge is 2.16. The molecule has 100 valence electrons. The Balaban J connectivity index is 1.76. The van der Waals surface area contributed by atoms with Crippen LogP contribution in [-0.4, -0.2) is 29.1 Å². The molecule has 1 atom stereocenters. The van der Waals surface area contributed by atoms with E-state index in [1.807, 2.05) is 13.0 Å². The zero-order valence-corrected chi connectivity index (χ0v) is 11.0. The second kappa shape index (κ2) is 6.54. The van der Waals surface area contributed by atoms with Crippen molar-refractivity contribution in [3.05, 3.63) is 12.4 Å². The SMILES string of the molecule is CC(N)CCNc1cc(NCC2CCC2)ncn1. The molecule has 1 aliphatic rings. The number of anilines is 2. The van der Waals surface area contributed by atoms with Gasteiger partial charge < -0.3 is 16.4 Å². The van der Waals surface area contributed by atoms with E-state index in [1.54, 1.807) is 6.33 Å². The minimum atomic E-state index is 0.218. The fourth-order valence-electron chi connectivity index (χ4n) is 1.92. The van der Waals surface area contributed by atoms with E-state index in [0.717, 1.165) is 37.1 Å². The van der Waals surface area contributed by atoms with Gasteiger partial charge in [0.2, 0.25) is 0 Å². The number of rotatable bonds is 7. The highest BCUT2D eigenvalue weighted by Crippen LogP contribution is 2.26. The van der Waals surface area contributed by atoms with Crippen LogP contribution in [0.2, 0.25) is 0 Å². The molecule has 1 saturated carbocycles. The van der Waals surface area contributed by atoms with E-state index in [9.17, 15) is 0 Å². The molecule has 4 N–H and O–H groups in total. The second-order valence-electron chi connectivity index (χ2n) is 5.16. The summed E-state index contributed by atoms with van der Waals surface area (Å²) in [5.41, 5.74) is 5.70. The van der Waals surface area contributed by atoms with Gasteiger partial charge in [-0.15, -0.1) is 0 Å². The summed E-state index contributed by atoms with van der Waals surface area (Å²) < 4.78 is 0. The molecule has 0 radical (unpaired) electrons. The maximum atomic E-state index is 5.70. The molecule has 1 aliphatic carbocycles. The average molecular weight is 249 g/mol. The van der Waals surface area contributed by atoms with Gasteiger partial charge >= 0.3 is 0 Å². The van der Waals surface area contributed by atoms with Crippen LogP contribution in [0.5, 0.6) is 0 Å². The van der Waals surface area contributed by atoms with Gasteiger partial charge in [0.05, 0.1) is 0 Å². The first kappa shape index (κ1) is 13.1. The van der Waals surface area contributed by atoms with Crippen molar-refractivity contribution in [1.29, 1.82) is 0 Å². The molecule has 0 spiro atoms. The van der Waals surface area contributed by atoms with Gasteiger partial charge in [-0.1, -0.05) is 6.42 Å². The molecule has 0 saturated heterocycles. The van der Waals surface area contributed by atoms with E-state index >= 15 is 0 Å². The first-order valence-corrected chi connectivity index (χ1v) is 6.79. The summed E-state index contributed by atoms with van der Waals surface area (Å²) in [6, 6.07) is 2.18. The standard InChI is InChI=1S/C13H23N5/c1-10(14)5-6-15-12-7-13(18-9-17-12)16-8-11-3-2-4-11/h7,9-11H,2-6,8,14H2,1H3,(H2,15,16,17,18). The summed E-state index contributed by atoms with van der Waals surface area (Å²) in [5, 5.41) is 6.63. The Kier molecular flexibility index (Phi) is 4.75. The van der Waals surface area contributed by atoms with Gasteiger partial charge in [0.25, 0.3) is 0 Å². The zero-order chi connectivity index (χ0) is 12.8. The smallest absolute Gasteiger partial charge is 0.131 e. The molecule has 0 bridgehead atoms. The molecule has 1 fully saturated rings. The minimum Gasteiger partial charge on any atom is -0.370 e. The van der Waals surface area contributed by atoms with Crippen molar-refractivity contribution in [3.8, 4) is 0 Å². The lowest BCUT2D eigenvalue weighted by molar-refractivity contribution is 0.333. The number of nitrogens with one attached hydrogen (secondary N) is 2. The fraction of sp³-hybridized carbons (Fsp3) is 0.692. The normalized spacial score (nSPS) is 17.0. The Morgan fingerprint density at radius 1 is 1.33 bits per heavy atom. The van der Waals surface area contributed by atoms with Crippen LogP contribution in [0.3, 0.4) is 0 Å². The van der Waals surface area contributed by atoms with E-state index in [-0.39, 0.29) is 6.04 Å². The summed E-state index contributed by atoms with van der Waals surface area (Å²) >= 11 is 0. The molecular weight excluding hydrogens is 226 g/mol. The third-order valence-corrected chi connectivity index (χ3v) is 3.37. The Morgan fingerprint density at radius 3 is 2.67 bits per heavy atom. The van der Waals surface area contributed by atoms with Gasteiger partial charge in [-0.05, 0) is 32.1 Å². The maximum Gasteiger partial charge on any atom is 0.131 e. The lowest BCUT2D eigenvalue weighted by Crippen LogP contribution is -2.21. The summed E-state index contributed by atoms with van der Waals surface area (Å²) in [4.78, 5) is 8.42. The molecule has 1 aromatic heterocycles. The van der Waals surface area contributed by atoms with E-state index < -0.39 is 0 Å². The summed E-state index contributed by atoms with van der Waals surface area (Å²) in [6.07, 6.45) is 6.60. The highest BCUT2D eigenvalue weighted by atomic mass is 15.1. The maximum absolute atomic E-state index is 5.70. The molecular formula is C13H23N5. The first-order valence-electron chi connectivity index (χ1n) is 6.79. The predicted octanol–water partition coefficient (Wildman–Crippen LogP) is 1.84. The molecule has 0 aliphatic heterocycles. The van der Waals surface area contributed by atoms with E-state index in [4.69, 9.17) is 5.73 Å². The van der Waals surface area contributed by atoms with E-state index in [2.05, 4.69) is 20.6 Å². The number of nitrogens with two attached hydrogens (primary N) is 1. The third kappa shape index (κ3) is 4.14. The quantitative estimate of drug-likeness (QED) is 0.687. The van der Waals surface area contributed by atoms with Crippen molar-refractivity contribution in [2.75, 3.05) is 23.7 Å². The van der Waals surface area contributed by atoms with Crippen LogP contribution in [0.25, 0.3) is 0 Å². The van der Waals surface area contributed by atoms with Crippen molar-refractivity contribution in [1.82, 2.24) is 9.97 Å². The highest BCUT2D eigenvalue weighted by molar-refractivity contribution is 5.46. The molecule has 18 heavy (non-hydrogen) atoms. The van der Waals surface area contributed by atoms with Gasteiger partial charge in [-0.25, -0.2) is 9.97 Å². The minimum absolute atomic E-state index is 0.218. The Bertz CT molecular complexity index is 362. The lowest BCUT2D eigenvalue weighted by Gasteiger charge is -2.25. The summed E-state index contributed by atoms with van der Waals surface area (Å²) in [5.74, 6) is 2.59. The topological polar surface area (TPSA) is 75.9 Å². The number of hydrogen-bond acceptors (Lipinski definition) is 5. The molecule has 0 aromatic carbocycles. The molecule has 1 unspecified atom stereocenters. The van der Waals surface area contributed by atoms with Gasteiger partial charge in [-0.3, -0.25) is 0 Å². The van der Waals surface area contributed by atoms with Gasteiger partial charge in [-0.2, -0.15) is 0 Å². The fourth-order valence-corrected chi connectivity index (χ4v) is 1.92. The predicted molar refractivity (Wildman–Crippen MR) is 74.6 cm³/mol.